The number of hydrogen-bond acceptors (Lipinski definition) is 5. The number of amides is 1. The van der Waals surface area contributed by atoms with Crippen LogP contribution in [-0.4, -0.2) is 20.1 Å². The molecular formula is C14H13NO3S3. The summed E-state index contributed by atoms with van der Waals surface area (Å²) in [6.45, 7) is 0. The highest BCUT2D eigenvalue weighted by Crippen LogP contribution is 2.22. The van der Waals surface area contributed by atoms with Crippen LogP contribution in [-0.2, 0) is 14.8 Å². The zero-order valence-electron chi connectivity index (χ0n) is 10.9. The normalized spacial score (nSPS) is 11.6. The Morgan fingerprint density at radius 3 is 2.62 bits per heavy atom. The van der Waals surface area contributed by atoms with E-state index < -0.39 is 15.9 Å². The molecule has 0 fully saturated rings. The van der Waals surface area contributed by atoms with E-state index in [1.54, 1.807) is 12.1 Å². The van der Waals surface area contributed by atoms with Crippen LogP contribution in [0, 0.1) is 0 Å². The van der Waals surface area contributed by atoms with Crippen molar-refractivity contribution in [2.75, 3.05) is 5.75 Å². The van der Waals surface area contributed by atoms with Crippen LogP contribution in [0.5, 0.6) is 0 Å². The molecule has 0 saturated carbocycles. The van der Waals surface area contributed by atoms with Crippen molar-refractivity contribution < 1.29 is 13.2 Å². The van der Waals surface area contributed by atoms with Crippen molar-refractivity contribution in [2.24, 2.45) is 0 Å². The van der Waals surface area contributed by atoms with Crippen LogP contribution in [0.1, 0.15) is 5.56 Å². The molecule has 0 saturated heterocycles. The number of carbonyl (C=O) groups excluding carboxylic acids is 1. The van der Waals surface area contributed by atoms with Gasteiger partial charge >= 0.3 is 0 Å². The third-order valence-electron chi connectivity index (χ3n) is 2.34. The number of sulfonamides is 1. The molecule has 4 nitrogen and oxygen atoms in total. The number of rotatable bonds is 6. The van der Waals surface area contributed by atoms with Crippen molar-refractivity contribution in [3.63, 3.8) is 0 Å². The van der Waals surface area contributed by atoms with E-state index in [9.17, 15) is 13.2 Å². The standard InChI is InChI=1S/C14H13NO3S3/c16-13(11-20-14-7-4-9-19-14)15-21(17,18)10-8-12-5-2-1-3-6-12/h1-10H,11H2,(H,15,16). The highest BCUT2D eigenvalue weighted by molar-refractivity contribution is 8.01. The molecule has 0 bridgehead atoms. The maximum Gasteiger partial charge on any atom is 0.257 e. The zero-order chi connectivity index (χ0) is 15.1. The minimum Gasteiger partial charge on any atom is -0.273 e. The lowest BCUT2D eigenvalue weighted by Crippen LogP contribution is -2.30. The molecule has 0 aliphatic carbocycles. The molecule has 1 aromatic heterocycles. The maximum absolute atomic E-state index is 11.8. The average molecular weight is 339 g/mol. The van der Waals surface area contributed by atoms with Crippen LogP contribution in [0.15, 0.2) is 57.5 Å². The van der Waals surface area contributed by atoms with Crippen molar-refractivity contribution >= 4 is 45.1 Å². The van der Waals surface area contributed by atoms with Gasteiger partial charge in [-0.25, -0.2) is 13.1 Å². The summed E-state index contributed by atoms with van der Waals surface area (Å²) in [5.41, 5.74) is 0.753. The SMILES string of the molecule is O=C(CSc1cccs1)NS(=O)(=O)C=Cc1ccccc1. The molecule has 0 aliphatic rings. The van der Waals surface area contributed by atoms with E-state index >= 15 is 0 Å². The quantitative estimate of drug-likeness (QED) is 0.822. The molecule has 0 atom stereocenters. The first-order valence-electron chi connectivity index (χ1n) is 6.00. The number of thiophene rings is 1. The topological polar surface area (TPSA) is 63.2 Å². The highest BCUT2D eigenvalue weighted by Gasteiger charge is 2.11. The summed E-state index contributed by atoms with van der Waals surface area (Å²) in [7, 11) is -3.76. The lowest BCUT2D eigenvalue weighted by Gasteiger charge is -2.02. The third kappa shape index (κ3) is 5.74. The molecule has 0 radical (unpaired) electrons. The highest BCUT2D eigenvalue weighted by atomic mass is 32.2. The number of carbonyl (C=O) groups is 1. The first-order valence-corrected chi connectivity index (χ1v) is 9.41. The van der Waals surface area contributed by atoms with Crippen molar-refractivity contribution in [2.45, 2.75) is 4.21 Å². The fourth-order valence-corrected chi connectivity index (χ4v) is 3.91. The van der Waals surface area contributed by atoms with E-state index in [2.05, 4.69) is 0 Å². The van der Waals surface area contributed by atoms with Crippen LogP contribution < -0.4 is 4.72 Å². The van der Waals surface area contributed by atoms with Gasteiger partial charge in [-0.05, 0) is 23.1 Å². The third-order valence-corrected chi connectivity index (χ3v) is 5.47. The molecule has 1 aromatic carbocycles. The number of hydrogen-bond donors (Lipinski definition) is 1. The Hall–Kier alpha value is -1.57. The van der Waals surface area contributed by atoms with Gasteiger partial charge in [-0.1, -0.05) is 36.4 Å². The van der Waals surface area contributed by atoms with E-state index in [1.165, 1.54) is 29.2 Å². The van der Waals surface area contributed by atoms with Crippen molar-refractivity contribution in [1.82, 2.24) is 4.72 Å². The van der Waals surface area contributed by atoms with E-state index in [0.717, 1.165) is 15.2 Å². The van der Waals surface area contributed by atoms with E-state index in [0.29, 0.717) is 0 Å². The smallest absolute Gasteiger partial charge is 0.257 e. The van der Waals surface area contributed by atoms with Crippen LogP contribution >= 0.6 is 23.1 Å². The predicted octanol–water partition coefficient (Wildman–Crippen LogP) is 2.96. The van der Waals surface area contributed by atoms with Crippen LogP contribution in [0.4, 0.5) is 0 Å². The average Bonchev–Trinajstić information content (AvgIpc) is 2.97. The van der Waals surface area contributed by atoms with E-state index in [1.807, 2.05) is 40.4 Å². The summed E-state index contributed by atoms with van der Waals surface area (Å²) >= 11 is 2.82. The van der Waals surface area contributed by atoms with Gasteiger partial charge in [0.05, 0.1) is 15.4 Å². The lowest BCUT2D eigenvalue weighted by molar-refractivity contribution is -0.116. The van der Waals surface area contributed by atoms with Crippen molar-refractivity contribution in [1.29, 1.82) is 0 Å². The fraction of sp³-hybridized carbons (Fsp3) is 0.0714. The van der Waals surface area contributed by atoms with Gasteiger partial charge in [0.1, 0.15) is 0 Å². The Morgan fingerprint density at radius 1 is 1.19 bits per heavy atom. The Balaban J connectivity index is 1.88. The van der Waals surface area contributed by atoms with Gasteiger partial charge < -0.3 is 0 Å². The van der Waals surface area contributed by atoms with Crippen LogP contribution in [0.3, 0.4) is 0 Å². The molecular weight excluding hydrogens is 326 g/mol. The second kappa shape index (κ2) is 7.44. The van der Waals surface area contributed by atoms with Crippen LogP contribution in [0.25, 0.3) is 6.08 Å². The summed E-state index contributed by atoms with van der Waals surface area (Å²) in [4.78, 5) is 11.6. The molecule has 1 N–H and O–H groups in total. The fourth-order valence-electron chi connectivity index (χ4n) is 1.44. The molecule has 0 spiro atoms. The molecule has 21 heavy (non-hydrogen) atoms. The Bertz CT molecular complexity index is 707. The number of thioether (sulfide) groups is 1. The Labute approximate surface area is 131 Å². The van der Waals surface area contributed by atoms with E-state index in [-0.39, 0.29) is 5.75 Å². The van der Waals surface area contributed by atoms with Crippen molar-refractivity contribution in [3.8, 4) is 0 Å². The molecule has 0 aliphatic heterocycles. The lowest BCUT2D eigenvalue weighted by atomic mass is 10.2. The van der Waals surface area contributed by atoms with Gasteiger partial charge in [-0.2, -0.15) is 0 Å². The van der Waals surface area contributed by atoms with Gasteiger partial charge in [0.25, 0.3) is 10.0 Å². The summed E-state index contributed by atoms with van der Waals surface area (Å²) < 4.78 is 26.5. The molecule has 1 heterocycles. The minimum absolute atomic E-state index is 0.0684. The van der Waals surface area contributed by atoms with Gasteiger partial charge in [-0.3, -0.25) is 4.79 Å². The molecule has 2 rings (SSSR count). The minimum atomic E-state index is -3.76. The second-order valence-electron chi connectivity index (χ2n) is 4.00. The molecule has 2 aromatic rings. The predicted molar refractivity (Wildman–Crippen MR) is 87.6 cm³/mol. The monoisotopic (exact) mass is 339 g/mol. The second-order valence-corrected chi connectivity index (χ2v) is 7.79. The zero-order valence-corrected chi connectivity index (χ0v) is 13.4. The summed E-state index contributed by atoms with van der Waals surface area (Å²) in [6.07, 6.45) is 1.45. The summed E-state index contributed by atoms with van der Waals surface area (Å²) in [6, 6.07) is 12.8. The summed E-state index contributed by atoms with van der Waals surface area (Å²) in [5.74, 6) is -0.468. The Kier molecular flexibility index (Phi) is 5.60. The van der Waals surface area contributed by atoms with Crippen molar-refractivity contribution in [3.05, 3.63) is 58.8 Å². The molecule has 0 unspecified atom stereocenters. The molecule has 110 valence electrons. The van der Waals surface area contributed by atoms with Crippen LogP contribution in [0.2, 0.25) is 0 Å². The largest absolute Gasteiger partial charge is 0.273 e. The van der Waals surface area contributed by atoms with Gasteiger partial charge in [0.2, 0.25) is 5.91 Å². The van der Waals surface area contributed by atoms with E-state index in [4.69, 9.17) is 0 Å². The first kappa shape index (κ1) is 15.8. The summed E-state index contributed by atoms with van der Waals surface area (Å²) in [5, 5.41) is 2.90. The number of nitrogens with one attached hydrogen (secondary N) is 1. The number of benzene rings is 1. The molecule has 1 amide bonds. The first-order chi connectivity index (χ1) is 10.1. The molecule has 7 heteroatoms. The van der Waals surface area contributed by atoms with Gasteiger partial charge in [0.15, 0.2) is 0 Å². The Morgan fingerprint density at radius 2 is 1.95 bits per heavy atom. The maximum atomic E-state index is 11.8. The van der Waals surface area contributed by atoms with Gasteiger partial charge in [0, 0.05) is 0 Å². The van der Waals surface area contributed by atoms with Gasteiger partial charge in [-0.15, -0.1) is 23.1 Å².